The zero-order chi connectivity index (χ0) is 19.8. The fourth-order valence-corrected chi connectivity index (χ4v) is 4.97. The Bertz CT molecular complexity index is 917. The van der Waals surface area contributed by atoms with E-state index in [1.807, 2.05) is 36.0 Å². The summed E-state index contributed by atoms with van der Waals surface area (Å²) in [7, 11) is 0. The van der Waals surface area contributed by atoms with Crippen LogP contribution < -0.4 is 15.4 Å². The topological polar surface area (TPSA) is 77.4 Å². The molecular weight excluding hydrogens is 368 g/mol. The summed E-state index contributed by atoms with van der Waals surface area (Å²) in [4.78, 5) is 17.6. The summed E-state index contributed by atoms with van der Waals surface area (Å²) >= 11 is 0. The second-order valence-corrected chi connectivity index (χ2v) is 8.29. The molecule has 1 atom stereocenters. The number of benzene rings is 1. The molecular formula is C22H28N4O3. The molecule has 1 amide bonds. The summed E-state index contributed by atoms with van der Waals surface area (Å²) in [6, 6.07) is 6.11. The van der Waals surface area contributed by atoms with Crippen LogP contribution in [-0.2, 0) is 28.0 Å². The number of nitrogens with zero attached hydrogens (tertiary/aromatic N) is 2. The predicted molar refractivity (Wildman–Crippen MR) is 108 cm³/mol. The van der Waals surface area contributed by atoms with Gasteiger partial charge >= 0.3 is 0 Å². The normalized spacial score (nSPS) is 22.4. The molecule has 3 aliphatic rings. The first-order valence-corrected chi connectivity index (χ1v) is 10.6. The van der Waals surface area contributed by atoms with Gasteiger partial charge in [-0.05, 0) is 25.3 Å². The number of amides is 1. The van der Waals surface area contributed by atoms with Gasteiger partial charge in [-0.2, -0.15) is 0 Å². The van der Waals surface area contributed by atoms with Crippen molar-refractivity contribution in [2.45, 2.75) is 50.7 Å². The molecule has 4 heterocycles. The van der Waals surface area contributed by atoms with Gasteiger partial charge in [-0.1, -0.05) is 18.2 Å². The van der Waals surface area contributed by atoms with Gasteiger partial charge in [0, 0.05) is 43.9 Å². The van der Waals surface area contributed by atoms with Crippen LogP contribution in [-0.4, -0.2) is 41.8 Å². The highest BCUT2D eigenvalue weighted by atomic mass is 16.5. The Morgan fingerprint density at radius 1 is 1.34 bits per heavy atom. The first-order chi connectivity index (χ1) is 14.2. The van der Waals surface area contributed by atoms with E-state index in [0.29, 0.717) is 13.2 Å². The Hall–Kier alpha value is -2.38. The third kappa shape index (κ3) is 3.32. The minimum Gasteiger partial charge on any atom is -0.493 e. The summed E-state index contributed by atoms with van der Waals surface area (Å²) in [5.41, 5.74) is 4.38. The van der Waals surface area contributed by atoms with Gasteiger partial charge < -0.3 is 24.7 Å². The molecule has 3 aliphatic heterocycles. The lowest BCUT2D eigenvalue weighted by Gasteiger charge is -2.40. The molecule has 154 valence electrons. The van der Waals surface area contributed by atoms with Gasteiger partial charge in [-0.3, -0.25) is 4.79 Å². The maximum Gasteiger partial charge on any atom is 0.240 e. The van der Waals surface area contributed by atoms with E-state index >= 15 is 0 Å². The fourth-order valence-electron chi connectivity index (χ4n) is 4.97. The number of carbonyl (C=O) groups excluding carboxylic acids is 1. The van der Waals surface area contributed by atoms with Crippen molar-refractivity contribution in [3.63, 3.8) is 0 Å². The van der Waals surface area contributed by atoms with E-state index in [0.717, 1.165) is 68.0 Å². The number of hydrogen-bond acceptors (Lipinski definition) is 5. The third-order valence-electron chi connectivity index (χ3n) is 6.49. The number of aryl methyl sites for hydroxylation is 1. The maximum atomic E-state index is 12.9. The molecule has 1 fully saturated rings. The molecule has 1 aromatic carbocycles. The van der Waals surface area contributed by atoms with Crippen LogP contribution in [0.4, 0.5) is 0 Å². The average molecular weight is 396 g/mol. The van der Waals surface area contributed by atoms with Crippen molar-refractivity contribution >= 4 is 5.91 Å². The van der Waals surface area contributed by atoms with Crippen LogP contribution in [0.3, 0.4) is 0 Å². The van der Waals surface area contributed by atoms with E-state index in [9.17, 15) is 4.79 Å². The molecule has 0 unspecified atom stereocenters. The van der Waals surface area contributed by atoms with Crippen molar-refractivity contribution in [1.29, 1.82) is 0 Å². The molecule has 0 bridgehead atoms. The molecule has 1 spiro atoms. The first-order valence-electron chi connectivity index (χ1n) is 10.6. The summed E-state index contributed by atoms with van der Waals surface area (Å²) in [6.07, 6.45) is 5.38. The number of imidazole rings is 1. The van der Waals surface area contributed by atoms with Crippen LogP contribution in [0, 0.1) is 6.92 Å². The molecule has 0 aliphatic carbocycles. The Kier molecular flexibility index (Phi) is 4.80. The number of nitrogens with one attached hydrogen (secondary N) is 2. The SMILES string of the molecule is Cc1cccc2c1OCC[C@H]2NC(=O)Cn1cnc2c1CCNC21CCOCC1. The van der Waals surface area contributed by atoms with Crippen molar-refractivity contribution in [2.24, 2.45) is 0 Å². The number of para-hydroxylation sites is 1. The third-order valence-corrected chi connectivity index (χ3v) is 6.49. The smallest absolute Gasteiger partial charge is 0.240 e. The molecule has 0 radical (unpaired) electrons. The highest BCUT2D eigenvalue weighted by Gasteiger charge is 2.41. The zero-order valence-electron chi connectivity index (χ0n) is 16.9. The molecule has 7 heteroatoms. The van der Waals surface area contributed by atoms with Crippen LogP contribution in [0.2, 0.25) is 0 Å². The number of carbonyl (C=O) groups is 1. The number of ether oxygens (including phenoxy) is 2. The van der Waals surface area contributed by atoms with Crippen molar-refractivity contribution in [2.75, 3.05) is 26.4 Å². The second-order valence-electron chi connectivity index (χ2n) is 8.29. The summed E-state index contributed by atoms with van der Waals surface area (Å²) in [5, 5.41) is 6.88. The van der Waals surface area contributed by atoms with E-state index in [1.165, 1.54) is 5.69 Å². The Labute approximate surface area is 170 Å². The number of hydrogen-bond donors (Lipinski definition) is 2. The summed E-state index contributed by atoms with van der Waals surface area (Å²) < 4.78 is 13.4. The standard InChI is InChI=1S/C22H28N4O3/c1-15-3-2-4-16-17(6-10-29-20(15)16)25-19(27)13-26-14-23-21-18(26)5-9-24-22(21)7-11-28-12-8-22/h2-4,14,17,24H,5-13H2,1H3,(H,25,27)/t17-/m1/s1. The lowest BCUT2D eigenvalue weighted by molar-refractivity contribution is -0.122. The van der Waals surface area contributed by atoms with Crippen molar-refractivity contribution < 1.29 is 14.3 Å². The molecule has 5 rings (SSSR count). The number of rotatable bonds is 3. The Morgan fingerprint density at radius 2 is 2.21 bits per heavy atom. The summed E-state index contributed by atoms with van der Waals surface area (Å²) in [5.74, 6) is 0.931. The summed E-state index contributed by atoms with van der Waals surface area (Å²) in [6.45, 7) is 5.38. The molecule has 1 aromatic heterocycles. The lowest BCUT2D eigenvalue weighted by Crippen LogP contribution is -2.51. The maximum absolute atomic E-state index is 12.9. The Morgan fingerprint density at radius 3 is 3.07 bits per heavy atom. The van der Waals surface area contributed by atoms with Gasteiger partial charge in [0.25, 0.3) is 0 Å². The van der Waals surface area contributed by atoms with Crippen LogP contribution in [0.1, 0.15) is 47.8 Å². The molecule has 7 nitrogen and oxygen atoms in total. The van der Waals surface area contributed by atoms with E-state index in [1.54, 1.807) is 0 Å². The molecule has 0 saturated carbocycles. The predicted octanol–water partition coefficient (Wildman–Crippen LogP) is 1.98. The van der Waals surface area contributed by atoms with Crippen molar-refractivity contribution in [3.8, 4) is 5.75 Å². The molecule has 1 saturated heterocycles. The first kappa shape index (κ1) is 18.6. The van der Waals surface area contributed by atoms with Gasteiger partial charge in [0.2, 0.25) is 5.91 Å². The second kappa shape index (κ2) is 7.46. The van der Waals surface area contributed by atoms with Crippen LogP contribution >= 0.6 is 0 Å². The quantitative estimate of drug-likeness (QED) is 0.830. The number of aromatic nitrogens is 2. The minimum absolute atomic E-state index is 0.00556. The van der Waals surface area contributed by atoms with Gasteiger partial charge in [0.15, 0.2) is 0 Å². The monoisotopic (exact) mass is 396 g/mol. The van der Waals surface area contributed by atoms with Crippen molar-refractivity contribution in [1.82, 2.24) is 20.2 Å². The number of fused-ring (bicyclic) bond motifs is 3. The minimum atomic E-state index is -0.0925. The van der Waals surface area contributed by atoms with Crippen LogP contribution in [0.25, 0.3) is 0 Å². The zero-order valence-corrected chi connectivity index (χ0v) is 16.9. The van der Waals surface area contributed by atoms with E-state index in [-0.39, 0.29) is 17.5 Å². The van der Waals surface area contributed by atoms with E-state index < -0.39 is 0 Å². The Balaban J connectivity index is 1.33. The largest absolute Gasteiger partial charge is 0.493 e. The highest BCUT2D eigenvalue weighted by Crippen LogP contribution is 2.36. The van der Waals surface area contributed by atoms with E-state index in [4.69, 9.17) is 14.5 Å². The lowest BCUT2D eigenvalue weighted by atomic mass is 9.82. The average Bonchev–Trinajstić information content (AvgIpc) is 3.14. The van der Waals surface area contributed by atoms with E-state index in [2.05, 4.69) is 10.6 Å². The highest BCUT2D eigenvalue weighted by molar-refractivity contribution is 5.76. The molecule has 2 aromatic rings. The van der Waals surface area contributed by atoms with Crippen LogP contribution in [0.15, 0.2) is 24.5 Å². The van der Waals surface area contributed by atoms with Crippen molar-refractivity contribution in [3.05, 3.63) is 47.0 Å². The van der Waals surface area contributed by atoms with Gasteiger partial charge in [0.05, 0.1) is 30.2 Å². The van der Waals surface area contributed by atoms with Gasteiger partial charge in [0.1, 0.15) is 12.3 Å². The van der Waals surface area contributed by atoms with Gasteiger partial charge in [-0.15, -0.1) is 0 Å². The van der Waals surface area contributed by atoms with Crippen LogP contribution in [0.5, 0.6) is 5.75 Å². The fraction of sp³-hybridized carbons (Fsp3) is 0.545. The molecule has 29 heavy (non-hydrogen) atoms. The van der Waals surface area contributed by atoms with Gasteiger partial charge in [-0.25, -0.2) is 4.98 Å². The molecule has 2 N–H and O–H groups in total.